The number of halogens is 3. The number of carbonyl (C=O) groups is 2. The zero-order valence-electron chi connectivity index (χ0n) is 18.4. The van der Waals surface area contributed by atoms with Crippen LogP contribution < -0.4 is 10.6 Å². The third-order valence-electron chi connectivity index (χ3n) is 5.22. The number of amides is 2. The molecule has 0 saturated heterocycles. The number of hydrogen-bond donors (Lipinski definition) is 2. The van der Waals surface area contributed by atoms with E-state index in [0.717, 1.165) is 27.9 Å². The number of anilines is 1. The van der Waals surface area contributed by atoms with Crippen LogP contribution in [0.4, 0.5) is 23.7 Å². The van der Waals surface area contributed by atoms with Gasteiger partial charge in [-0.3, -0.25) is 9.20 Å². The van der Waals surface area contributed by atoms with Crippen LogP contribution in [-0.2, 0) is 16.0 Å². The quantitative estimate of drug-likeness (QED) is 0.271. The first-order valence-electron chi connectivity index (χ1n) is 10.7. The van der Waals surface area contributed by atoms with Crippen LogP contribution in [0.3, 0.4) is 0 Å². The van der Waals surface area contributed by atoms with Crippen LogP contribution in [0.25, 0.3) is 28.0 Å². The molecule has 4 rings (SSSR count). The molecule has 2 N–H and O–H groups in total. The minimum atomic E-state index is -4.49. The molecule has 2 amide bonds. The van der Waals surface area contributed by atoms with E-state index in [2.05, 4.69) is 10.3 Å². The van der Waals surface area contributed by atoms with Gasteiger partial charge < -0.3 is 15.4 Å². The van der Waals surface area contributed by atoms with Gasteiger partial charge in [0, 0.05) is 23.9 Å². The van der Waals surface area contributed by atoms with Crippen LogP contribution in [0.15, 0.2) is 73.1 Å². The number of fused-ring (bicyclic) bond motifs is 1. The number of nitrogens with zero attached hydrogens (tertiary/aromatic N) is 2. The van der Waals surface area contributed by atoms with Gasteiger partial charge in [-0.25, -0.2) is 9.78 Å². The van der Waals surface area contributed by atoms with Gasteiger partial charge in [0.25, 0.3) is 6.47 Å². The Balaban J connectivity index is 1.53. The van der Waals surface area contributed by atoms with Crippen LogP contribution in [0.5, 0.6) is 0 Å². The molecule has 0 saturated carbocycles. The highest BCUT2D eigenvalue weighted by atomic mass is 19.4. The summed E-state index contributed by atoms with van der Waals surface area (Å²) in [6.45, 7) is -0.667. The number of aromatic nitrogens is 2. The van der Waals surface area contributed by atoms with E-state index in [1.54, 1.807) is 29.7 Å². The van der Waals surface area contributed by atoms with Crippen molar-refractivity contribution in [3.8, 4) is 22.4 Å². The molecule has 0 bridgehead atoms. The molecule has 0 aliphatic carbocycles. The Labute approximate surface area is 198 Å². The Hall–Kier alpha value is -4.34. The zero-order valence-corrected chi connectivity index (χ0v) is 18.4. The molecule has 7 nitrogen and oxygen atoms in total. The van der Waals surface area contributed by atoms with Gasteiger partial charge in [-0.15, -0.1) is 0 Å². The largest absolute Gasteiger partial charge is 0.468 e. The first-order valence-corrected chi connectivity index (χ1v) is 10.7. The molecule has 0 aliphatic rings. The van der Waals surface area contributed by atoms with Crippen molar-refractivity contribution in [2.24, 2.45) is 0 Å². The minimum absolute atomic E-state index is 0.313. The number of ether oxygens (including phenoxy) is 1. The lowest BCUT2D eigenvalue weighted by Crippen LogP contribution is -2.36. The van der Waals surface area contributed by atoms with E-state index in [4.69, 9.17) is 4.74 Å². The highest BCUT2D eigenvalue weighted by Crippen LogP contribution is 2.27. The molecule has 180 valence electrons. The number of benzene rings is 2. The van der Waals surface area contributed by atoms with E-state index in [9.17, 15) is 22.8 Å². The highest BCUT2D eigenvalue weighted by Gasteiger charge is 2.27. The lowest BCUT2D eigenvalue weighted by molar-refractivity contribution is -0.128. The predicted molar refractivity (Wildman–Crippen MR) is 125 cm³/mol. The molecule has 0 aliphatic heterocycles. The Morgan fingerprint density at radius 1 is 1.03 bits per heavy atom. The van der Waals surface area contributed by atoms with Crippen LogP contribution >= 0.6 is 0 Å². The summed E-state index contributed by atoms with van der Waals surface area (Å²) in [6.07, 6.45) is -0.304. The summed E-state index contributed by atoms with van der Waals surface area (Å²) >= 11 is 0. The Kier molecular flexibility index (Phi) is 7.00. The third-order valence-corrected chi connectivity index (χ3v) is 5.22. The summed E-state index contributed by atoms with van der Waals surface area (Å²) in [5.74, 6) is 0. The molecule has 2 aromatic carbocycles. The average Bonchev–Trinajstić information content (AvgIpc) is 3.26. The summed E-state index contributed by atoms with van der Waals surface area (Å²) in [5.41, 5.74) is 5.54. The number of imidazole rings is 1. The van der Waals surface area contributed by atoms with E-state index in [0.29, 0.717) is 30.8 Å². The number of nitrogens with one attached hydrogen (secondary N) is 2. The molecule has 35 heavy (non-hydrogen) atoms. The number of carbonyl (C=O) groups excluding carboxylic acids is 2. The van der Waals surface area contributed by atoms with Gasteiger partial charge in [-0.05, 0) is 41.0 Å². The number of urea groups is 1. The van der Waals surface area contributed by atoms with Crippen LogP contribution in [0, 0.1) is 0 Å². The second-order valence-corrected chi connectivity index (χ2v) is 7.71. The third kappa shape index (κ3) is 6.17. The first-order chi connectivity index (χ1) is 16.8. The molecule has 2 heterocycles. The summed E-state index contributed by atoms with van der Waals surface area (Å²) in [4.78, 5) is 26.6. The Morgan fingerprint density at radius 2 is 1.80 bits per heavy atom. The van der Waals surface area contributed by atoms with Crippen molar-refractivity contribution in [2.75, 3.05) is 18.5 Å². The van der Waals surface area contributed by atoms with Gasteiger partial charge >= 0.3 is 12.2 Å². The zero-order chi connectivity index (χ0) is 24.8. The summed E-state index contributed by atoms with van der Waals surface area (Å²) in [5, 5.41) is 4.19. The minimum Gasteiger partial charge on any atom is -0.468 e. The topological polar surface area (TPSA) is 84.7 Å². The maximum absolute atomic E-state index is 12.3. The normalized spacial score (nSPS) is 11.3. The van der Waals surface area contributed by atoms with Crippen LogP contribution in [-0.4, -0.2) is 41.2 Å². The lowest BCUT2D eigenvalue weighted by atomic mass is 10.0. The van der Waals surface area contributed by atoms with Crippen molar-refractivity contribution in [2.45, 2.75) is 12.6 Å². The Morgan fingerprint density at radius 3 is 2.60 bits per heavy atom. The van der Waals surface area contributed by atoms with Crippen molar-refractivity contribution >= 4 is 23.8 Å². The molecule has 0 fully saturated rings. The number of hydrogen-bond acceptors (Lipinski definition) is 4. The van der Waals surface area contributed by atoms with E-state index in [-0.39, 0.29) is 0 Å². The molecule has 2 aromatic heterocycles. The number of alkyl halides is 3. The SMILES string of the molecule is O=COCCc1cccc(-c2ccn3c(-c4cccc(NC(=O)NCC(F)(F)F)c4)cnc3c2)c1. The van der Waals surface area contributed by atoms with Crippen molar-refractivity contribution in [3.63, 3.8) is 0 Å². The van der Waals surface area contributed by atoms with Crippen LogP contribution in [0.1, 0.15) is 5.56 Å². The maximum atomic E-state index is 12.3. The smallest absolute Gasteiger partial charge is 0.405 e. The molecular formula is C25H21F3N4O3. The Bertz CT molecular complexity index is 1350. The number of pyridine rings is 1. The molecule has 0 spiro atoms. The number of rotatable bonds is 8. The summed E-state index contributed by atoms with van der Waals surface area (Å²) in [6, 6.07) is 17.6. The van der Waals surface area contributed by atoms with E-state index < -0.39 is 18.8 Å². The van der Waals surface area contributed by atoms with E-state index >= 15 is 0 Å². The molecule has 0 atom stereocenters. The van der Waals surface area contributed by atoms with Crippen LogP contribution in [0.2, 0.25) is 0 Å². The second kappa shape index (κ2) is 10.3. The standard InChI is InChI=1S/C25H21F3N4O3/c26-25(27,28)15-30-24(34)31-21-6-2-5-20(12-21)22-14-29-23-13-19(7-9-32(22)23)18-4-1-3-17(11-18)8-10-35-16-33/h1-7,9,11-14,16H,8,10,15H2,(H2,30,31,34). The first kappa shape index (κ1) is 23.8. The molecule has 0 radical (unpaired) electrons. The monoisotopic (exact) mass is 482 g/mol. The van der Waals surface area contributed by atoms with Gasteiger partial charge in [0.05, 0.1) is 18.5 Å². The van der Waals surface area contributed by atoms with Gasteiger partial charge in [-0.2, -0.15) is 13.2 Å². The lowest BCUT2D eigenvalue weighted by Gasteiger charge is -2.11. The van der Waals surface area contributed by atoms with E-state index in [1.807, 2.05) is 53.1 Å². The summed E-state index contributed by atoms with van der Waals surface area (Å²) in [7, 11) is 0. The van der Waals surface area contributed by atoms with Crippen molar-refractivity contribution in [1.82, 2.24) is 14.7 Å². The maximum Gasteiger partial charge on any atom is 0.405 e. The fourth-order valence-corrected chi connectivity index (χ4v) is 3.62. The van der Waals surface area contributed by atoms with Gasteiger partial charge in [-0.1, -0.05) is 36.4 Å². The predicted octanol–water partition coefficient (Wildman–Crippen LogP) is 5.07. The van der Waals surface area contributed by atoms with Crippen molar-refractivity contribution in [1.29, 1.82) is 0 Å². The van der Waals surface area contributed by atoms with Gasteiger partial charge in [0.2, 0.25) is 0 Å². The molecule has 10 heteroatoms. The van der Waals surface area contributed by atoms with Gasteiger partial charge in [0.15, 0.2) is 0 Å². The molecule has 0 unspecified atom stereocenters. The van der Waals surface area contributed by atoms with Gasteiger partial charge in [0.1, 0.15) is 12.2 Å². The fraction of sp³-hybridized carbons (Fsp3) is 0.160. The molecular weight excluding hydrogens is 461 g/mol. The highest BCUT2D eigenvalue weighted by molar-refractivity contribution is 5.90. The van der Waals surface area contributed by atoms with E-state index in [1.165, 1.54) is 0 Å². The second-order valence-electron chi connectivity index (χ2n) is 7.71. The summed E-state index contributed by atoms with van der Waals surface area (Å²) < 4.78 is 43.6. The van der Waals surface area contributed by atoms with Crippen molar-refractivity contribution in [3.05, 3.63) is 78.6 Å². The molecule has 4 aromatic rings. The average molecular weight is 482 g/mol. The van der Waals surface area contributed by atoms with Crippen molar-refractivity contribution < 1.29 is 27.5 Å². The fourth-order valence-electron chi connectivity index (χ4n) is 3.62.